The molecule has 2 amide bonds. The summed E-state index contributed by atoms with van der Waals surface area (Å²) in [5, 5.41) is 2.93. The summed E-state index contributed by atoms with van der Waals surface area (Å²) in [6.45, 7) is 0. The number of methoxy groups -OCH3 is 2. The topological polar surface area (TPSA) is 67.9 Å². The molecule has 6 nitrogen and oxygen atoms in total. The molecular weight excluding hydrogens is 399 g/mol. The Hall–Kier alpha value is -4.13. The van der Waals surface area contributed by atoms with Gasteiger partial charge in [0.1, 0.15) is 23.0 Å². The number of benzene rings is 3. The minimum atomic E-state index is -0.573. The maximum atomic E-state index is 13.7. The molecule has 1 aliphatic heterocycles. The summed E-state index contributed by atoms with van der Waals surface area (Å²) in [4.78, 5) is 27.9. The quantitative estimate of drug-likeness (QED) is 0.607. The average Bonchev–Trinajstić information content (AvgIpc) is 3.03. The number of nitrogens with one attached hydrogen (secondary N) is 1. The molecule has 0 saturated carbocycles. The van der Waals surface area contributed by atoms with Gasteiger partial charge in [-0.05, 0) is 35.9 Å². The Morgan fingerprint density at radius 1 is 0.839 bits per heavy atom. The maximum Gasteiger partial charge on any atom is 0.282 e. The van der Waals surface area contributed by atoms with Crippen LogP contribution >= 0.6 is 0 Å². The van der Waals surface area contributed by atoms with Crippen LogP contribution in [0.15, 0.2) is 78.5 Å². The molecule has 0 fully saturated rings. The molecule has 0 atom stereocenters. The van der Waals surface area contributed by atoms with Gasteiger partial charge in [0.2, 0.25) is 0 Å². The van der Waals surface area contributed by atoms with Crippen molar-refractivity contribution in [3.05, 3.63) is 89.9 Å². The first kappa shape index (κ1) is 20.2. The molecule has 0 radical (unpaired) electrons. The van der Waals surface area contributed by atoms with Crippen molar-refractivity contribution in [2.75, 3.05) is 24.4 Å². The third kappa shape index (κ3) is 3.73. The van der Waals surface area contributed by atoms with Gasteiger partial charge in [-0.1, -0.05) is 36.4 Å². The van der Waals surface area contributed by atoms with Gasteiger partial charge >= 0.3 is 0 Å². The number of nitrogens with zero attached hydrogens (tertiary/aromatic N) is 1. The molecular formula is C24H19FN2O4. The van der Waals surface area contributed by atoms with Gasteiger partial charge < -0.3 is 14.8 Å². The maximum absolute atomic E-state index is 13.7. The zero-order valence-electron chi connectivity index (χ0n) is 16.9. The van der Waals surface area contributed by atoms with Gasteiger partial charge in [0, 0.05) is 11.8 Å². The van der Waals surface area contributed by atoms with Crippen molar-refractivity contribution in [2.45, 2.75) is 0 Å². The summed E-state index contributed by atoms with van der Waals surface area (Å²) in [6.07, 6.45) is 0. The number of amides is 2. The molecule has 156 valence electrons. The Labute approximate surface area is 178 Å². The molecule has 3 aromatic rings. The number of rotatable bonds is 6. The lowest BCUT2D eigenvalue weighted by molar-refractivity contribution is -0.120. The van der Waals surface area contributed by atoms with Crippen LogP contribution in [0.1, 0.15) is 5.56 Å². The largest absolute Gasteiger partial charge is 0.497 e. The second-order valence-corrected chi connectivity index (χ2v) is 6.73. The Bertz CT molecular complexity index is 1190. The highest BCUT2D eigenvalue weighted by Gasteiger charge is 2.41. The minimum absolute atomic E-state index is 0.0553. The predicted octanol–water partition coefficient (Wildman–Crippen LogP) is 4.24. The van der Waals surface area contributed by atoms with Crippen molar-refractivity contribution in [3.63, 3.8) is 0 Å². The number of carbonyl (C=O) groups is 2. The van der Waals surface area contributed by atoms with Crippen LogP contribution in [0.2, 0.25) is 0 Å². The van der Waals surface area contributed by atoms with E-state index in [1.165, 1.54) is 32.4 Å². The van der Waals surface area contributed by atoms with Gasteiger partial charge in [-0.2, -0.15) is 0 Å². The monoisotopic (exact) mass is 418 g/mol. The van der Waals surface area contributed by atoms with E-state index in [1.54, 1.807) is 48.5 Å². The Morgan fingerprint density at radius 2 is 1.61 bits per heavy atom. The molecule has 4 rings (SSSR count). The molecule has 1 aliphatic rings. The van der Waals surface area contributed by atoms with E-state index in [4.69, 9.17) is 9.47 Å². The SMILES string of the molecule is COc1ccc(N2C(=O)C(Nc3cccc(F)c3)=C(c3ccccc3)C2=O)c(OC)c1. The van der Waals surface area contributed by atoms with Crippen LogP contribution in [0, 0.1) is 5.82 Å². The van der Waals surface area contributed by atoms with Crippen molar-refractivity contribution >= 4 is 28.8 Å². The molecule has 0 unspecified atom stereocenters. The first-order valence-electron chi connectivity index (χ1n) is 9.46. The fourth-order valence-electron chi connectivity index (χ4n) is 3.42. The number of imide groups is 1. The lowest BCUT2D eigenvalue weighted by Crippen LogP contribution is -2.32. The molecule has 3 aromatic carbocycles. The standard InChI is InChI=1S/C24H19FN2O4/c1-30-18-11-12-19(20(14-18)31-2)27-23(28)21(15-7-4-3-5-8-15)22(24(27)29)26-17-10-6-9-16(25)13-17/h3-14,26H,1-2H3. The van der Waals surface area contributed by atoms with Gasteiger partial charge in [0.25, 0.3) is 11.8 Å². The second-order valence-electron chi connectivity index (χ2n) is 6.73. The summed E-state index contributed by atoms with van der Waals surface area (Å²) in [5.41, 5.74) is 1.44. The Kier molecular flexibility index (Phi) is 5.41. The highest BCUT2D eigenvalue weighted by atomic mass is 19.1. The molecule has 1 heterocycles. The van der Waals surface area contributed by atoms with Crippen LogP contribution in [0.25, 0.3) is 5.57 Å². The summed E-state index contributed by atoms with van der Waals surface area (Å²) in [5.74, 6) is -0.720. The number of carbonyl (C=O) groups excluding carboxylic acids is 2. The van der Waals surface area contributed by atoms with E-state index in [-0.39, 0.29) is 17.0 Å². The number of hydrogen-bond acceptors (Lipinski definition) is 5. The van der Waals surface area contributed by atoms with E-state index in [0.717, 1.165) is 4.90 Å². The smallest absolute Gasteiger partial charge is 0.282 e. The molecule has 0 aromatic heterocycles. The van der Waals surface area contributed by atoms with Crippen molar-refractivity contribution in [1.82, 2.24) is 0 Å². The Balaban J connectivity index is 1.83. The van der Waals surface area contributed by atoms with Crippen molar-refractivity contribution in [3.8, 4) is 11.5 Å². The Morgan fingerprint density at radius 3 is 2.29 bits per heavy atom. The minimum Gasteiger partial charge on any atom is -0.497 e. The summed E-state index contributed by atoms with van der Waals surface area (Å²) in [6, 6.07) is 19.3. The van der Waals surface area contributed by atoms with E-state index in [9.17, 15) is 14.0 Å². The number of hydrogen-bond donors (Lipinski definition) is 1. The number of anilines is 2. The molecule has 7 heteroatoms. The lowest BCUT2D eigenvalue weighted by Gasteiger charge is -2.19. The fraction of sp³-hybridized carbons (Fsp3) is 0.0833. The third-order valence-electron chi connectivity index (χ3n) is 4.87. The molecule has 0 bridgehead atoms. The summed E-state index contributed by atoms with van der Waals surface area (Å²) in [7, 11) is 2.96. The van der Waals surface area contributed by atoms with Gasteiger partial charge in [-0.15, -0.1) is 0 Å². The normalized spacial score (nSPS) is 13.6. The predicted molar refractivity (Wildman–Crippen MR) is 115 cm³/mol. The summed E-state index contributed by atoms with van der Waals surface area (Å²) >= 11 is 0. The zero-order valence-corrected chi connectivity index (χ0v) is 16.9. The molecule has 0 spiro atoms. The number of ether oxygens (including phenoxy) is 2. The highest BCUT2D eigenvalue weighted by molar-refractivity contribution is 6.46. The first-order chi connectivity index (χ1) is 15.0. The van der Waals surface area contributed by atoms with E-state index in [1.807, 2.05) is 6.07 Å². The lowest BCUT2D eigenvalue weighted by atomic mass is 10.0. The molecule has 1 N–H and O–H groups in total. The number of halogens is 1. The van der Waals surface area contributed by atoms with Gasteiger partial charge in [-0.3, -0.25) is 9.59 Å². The van der Waals surface area contributed by atoms with Crippen molar-refractivity contribution < 1.29 is 23.5 Å². The van der Waals surface area contributed by atoms with E-state index in [0.29, 0.717) is 22.7 Å². The summed E-state index contributed by atoms with van der Waals surface area (Å²) < 4.78 is 24.3. The molecule has 0 aliphatic carbocycles. The van der Waals surface area contributed by atoms with E-state index < -0.39 is 17.6 Å². The first-order valence-corrected chi connectivity index (χ1v) is 9.46. The van der Waals surface area contributed by atoms with Crippen LogP contribution in [-0.4, -0.2) is 26.0 Å². The van der Waals surface area contributed by atoms with Gasteiger partial charge in [0.05, 0.1) is 25.5 Å². The van der Waals surface area contributed by atoms with Crippen LogP contribution in [0.3, 0.4) is 0 Å². The molecule has 0 saturated heterocycles. The van der Waals surface area contributed by atoms with Gasteiger partial charge in [0.15, 0.2) is 0 Å². The second kappa shape index (κ2) is 8.31. The van der Waals surface area contributed by atoms with Crippen molar-refractivity contribution in [1.29, 1.82) is 0 Å². The zero-order chi connectivity index (χ0) is 22.0. The third-order valence-corrected chi connectivity index (χ3v) is 4.87. The van der Waals surface area contributed by atoms with Gasteiger partial charge in [-0.25, -0.2) is 9.29 Å². The molecule has 31 heavy (non-hydrogen) atoms. The van der Waals surface area contributed by atoms with Crippen LogP contribution in [0.5, 0.6) is 11.5 Å². The van der Waals surface area contributed by atoms with E-state index >= 15 is 0 Å². The fourth-order valence-corrected chi connectivity index (χ4v) is 3.42. The van der Waals surface area contributed by atoms with E-state index in [2.05, 4.69) is 5.32 Å². The van der Waals surface area contributed by atoms with Crippen LogP contribution in [-0.2, 0) is 9.59 Å². The highest BCUT2D eigenvalue weighted by Crippen LogP contribution is 2.39. The average molecular weight is 418 g/mol. The van der Waals surface area contributed by atoms with Crippen LogP contribution in [0.4, 0.5) is 15.8 Å². The van der Waals surface area contributed by atoms with Crippen LogP contribution < -0.4 is 19.7 Å². The van der Waals surface area contributed by atoms with Crippen molar-refractivity contribution in [2.24, 2.45) is 0 Å².